The highest BCUT2D eigenvalue weighted by Crippen LogP contribution is 2.40. The molecule has 1 aliphatic rings. The zero-order valence-electron chi connectivity index (χ0n) is 10.4. The molecule has 6 heteroatoms. The maximum Gasteiger partial charge on any atom is 0.278 e. The first-order valence-corrected chi connectivity index (χ1v) is 8.38. The van der Waals surface area contributed by atoms with E-state index >= 15 is 0 Å². The number of benzene rings is 1. The number of aryl methyl sites for hydroxylation is 1. The molecule has 19 heavy (non-hydrogen) atoms. The molecule has 0 spiro atoms. The van der Waals surface area contributed by atoms with Crippen molar-refractivity contribution < 1.29 is 8.42 Å². The lowest BCUT2D eigenvalue weighted by atomic mass is 10.2. The van der Waals surface area contributed by atoms with E-state index in [1.54, 1.807) is 6.07 Å². The molecule has 1 aliphatic carbocycles. The molecule has 4 nitrogen and oxygen atoms in total. The number of hydrogen-bond acceptors (Lipinski definition) is 3. The second-order valence-corrected chi connectivity index (χ2v) is 7.33. The van der Waals surface area contributed by atoms with Gasteiger partial charge in [0, 0.05) is 22.7 Å². The Balaban J connectivity index is 2.22. The van der Waals surface area contributed by atoms with Crippen molar-refractivity contribution in [3.8, 4) is 5.69 Å². The van der Waals surface area contributed by atoms with Gasteiger partial charge in [0.05, 0.1) is 11.4 Å². The molecule has 1 saturated carbocycles. The van der Waals surface area contributed by atoms with Crippen LogP contribution >= 0.6 is 10.7 Å². The van der Waals surface area contributed by atoms with E-state index in [0.29, 0.717) is 5.92 Å². The van der Waals surface area contributed by atoms with Gasteiger partial charge in [-0.05, 0) is 31.4 Å². The number of aromatic nitrogens is 2. The summed E-state index contributed by atoms with van der Waals surface area (Å²) in [5.74, 6) is 0.377. The Morgan fingerprint density at radius 2 is 2.00 bits per heavy atom. The Morgan fingerprint density at radius 3 is 2.58 bits per heavy atom. The molecule has 0 saturated heterocycles. The van der Waals surface area contributed by atoms with E-state index in [9.17, 15) is 8.42 Å². The third kappa shape index (κ3) is 2.40. The smallest absolute Gasteiger partial charge is 0.220 e. The van der Waals surface area contributed by atoms with E-state index < -0.39 is 9.05 Å². The molecule has 0 atom stereocenters. The normalized spacial score (nSPS) is 15.7. The third-order valence-corrected chi connectivity index (χ3v) is 4.55. The van der Waals surface area contributed by atoms with Crippen molar-refractivity contribution in [3.63, 3.8) is 0 Å². The summed E-state index contributed by atoms with van der Waals surface area (Å²) in [6, 6.07) is 9.10. The lowest BCUT2D eigenvalue weighted by Crippen LogP contribution is -2.06. The first-order valence-electron chi connectivity index (χ1n) is 6.07. The first kappa shape index (κ1) is 12.7. The number of para-hydroxylation sites is 1. The molecule has 0 bridgehead atoms. The molecule has 100 valence electrons. The van der Waals surface area contributed by atoms with Crippen LogP contribution in [0.5, 0.6) is 0 Å². The Bertz CT molecular complexity index is 733. The summed E-state index contributed by atoms with van der Waals surface area (Å²) < 4.78 is 24.8. The maximum absolute atomic E-state index is 11.7. The van der Waals surface area contributed by atoms with Crippen LogP contribution in [0, 0.1) is 6.92 Å². The van der Waals surface area contributed by atoms with Gasteiger partial charge in [0.15, 0.2) is 5.03 Å². The summed E-state index contributed by atoms with van der Waals surface area (Å²) >= 11 is 0. The summed E-state index contributed by atoms with van der Waals surface area (Å²) in [6.45, 7) is 1.92. The van der Waals surface area contributed by atoms with E-state index in [2.05, 4.69) is 5.10 Å². The van der Waals surface area contributed by atoms with Gasteiger partial charge in [0.25, 0.3) is 9.05 Å². The van der Waals surface area contributed by atoms with E-state index in [4.69, 9.17) is 10.7 Å². The highest BCUT2D eigenvalue weighted by Gasteiger charge is 2.30. The molecule has 1 aromatic carbocycles. The molecule has 0 amide bonds. The van der Waals surface area contributed by atoms with Crippen molar-refractivity contribution in [1.82, 2.24) is 9.78 Å². The van der Waals surface area contributed by atoms with Gasteiger partial charge in [-0.3, -0.25) is 0 Å². The van der Waals surface area contributed by atoms with Crippen LogP contribution in [0.1, 0.15) is 30.0 Å². The molecule has 0 aliphatic heterocycles. The topological polar surface area (TPSA) is 52.0 Å². The number of halogens is 1. The van der Waals surface area contributed by atoms with E-state index in [0.717, 1.165) is 29.8 Å². The van der Waals surface area contributed by atoms with Crippen LogP contribution in [0.25, 0.3) is 5.69 Å². The van der Waals surface area contributed by atoms with Crippen LogP contribution in [0.4, 0.5) is 0 Å². The number of rotatable bonds is 3. The average Bonchev–Trinajstić information content (AvgIpc) is 3.08. The minimum Gasteiger partial charge on any atom is -0.220 e. The van der Waals surface area contributed by atoms with Crippen LogP contribution in [0.15, 0.2) is 35.4 Å². The minimum atomic E-state index is -3.81. The SMILES string of the molecule is Cc1ccccc1-n1nc(C2CC2)cc1S(=O)(=O)Cl. The summed E-state index contributed by atoms with van der Waals surface area (Å²) in [6.07, 6.45) is 2.12. The summed E-state index contributed by atoms with van der Waals surface area (Å²) in [5, 5.41) is 4.47. The number of nitrogens with zero attached hydrogens (tertiary/aromatic N) is 2. The van der Waals surface area contributed by atoms with Gasteiger partial charge in [-0.15, -0.1) is 0 Å². The molecular weight excluding hydrogens is 284 g/mol. The molecule has 0 N–H and O–H groups in total. The molecule has 0 unspecified atom stereocenters. The zero-order valence-corrected chi connectivity index (χ0v) is 11.9. The highest BCUT2D eigenvalue weighted by atomic mass is 35.7. The standard InChI is InChI=1S/C13H13ClN2O2S/c1-9-4-2-3-5-12(9)16-13(19(14,17)18)8-11(15-16)10-6-7-10/h2-5,8,10H,6-7H2,1H3. The molecule has 1 heterocycles. The summed E-state index contributed by atoms with van der Waals surface area (Å²) in [5.41, 5.74) is 2.51. The molecule has 3 rings (SSSR count). The predicted octanol–water partition coefficient (Wildman–Crippen LogP) is 2.99. The third-order valence-electron chi connectivity index (χ3n) is 3.28. The van der Waals surface area contributed by atoms with Crippen LogP contribution in [0.2, 0.25) is 0 Å². The maximum atomic E-state index is 11.7. The summed E-state index contributed by atoms with van der Waals surface area (Å²) in [4.78, 5) is 0. The van der Waals surface area contributed by atoms with Gasteiger partial charge >= 0.3 is 0 Å². The molecule has 0 radical (unpaired) electrons. The fourth-order valence-electron chi connectivity index (χ4n) is 2.11. The average molecular weight is 297 g/mol. The second-order valence-electron chi connectivity index (χ2n) is 4.82. The largest absolute Gasteiger partial charge is 0.278 e. The molecule has 1 aromatic heterocycles. The predicted molar refractivity (Wildman–Crippen MR) is 73.3 cm³/mol. The lowest BCUT2D eigenvalue weighted by molar-refractivity contribution is 0.599. The van der Waals surface area contributed by atoms with E-state index in [-0.39, 0.29) is 5.03 Å². The molecular formula is C13H13ClN2O2S. The Labute approximate surface area is 116 Å². The van der Waals surface area contributed by atoms with Crippen LogP contribution in [0.3, 0.4) is 0 Å². The van der Waals surface area contributed by atoms with Crippen molar-refractivity contribution in [3.05, 3.63) is 41.6 Å². The minimum absolute atomic E-state index is 0.0466. The monoisotopic (exact) mass is 296 g/mol. The van der Waals surface area contributed by atoms with E-state index in [1.807, 2.05) is 31.2 Å². The fourth-order valence-corrected chi connectivity index (χ4v) is 3.04. The van der Waals surface area contributed by atoms with Crippen molar-refractivity contribution in [2.24, 2.45) is 0 Å². The van der Waals surface area contributed by atoms with Gasteiger partial charge in [0.1, 0.15) is 0 Å². The lowest BCUT2D eigenvalue weighted by Gasteiger charge is -2.07. The van der Waals surface area contributed by atoms with E-state index in [1.165, 1.54) is 4.68 Å². The Kier molecular flexibility index (Phi) is 2.91. The van der Waals surface area contributed by atoms with Crippen molar-refractivity contribution in [2.75, 3.05) is 0 Å². The Hall–Kier alpha value is -1.33. The number of hydrogen-bond donors (Lipinski definition) is 0. The van der Waals surface area contributed by atoms with Crippen molar-refractivity contribution in [1.29, 1.82) is 0 Å². The highest BCUT2D eigenvalue weighted by molar-refractivity contribution is 8.13. The van der Waals surface area contributed by atoms with Gasteiger partial charge in [-0.1, -0.05) is 18.2 Å². The van der Waals surface area contributed by atoms with Crippen LogP contribution in [-0.4, -0.2) is 18.2 Å². The van der Waals surface area contributed by atoms with Gasteiger partial charge in [-0.25, -0.2) is 13.1 Å². The Morgan fingerprint density at radius 1 is 1.32 bits per heavy atom. The van der Waals surface area contributed by atoms with Crippen LogP contribution < -0.4 is 0 Å². The second kappa shape index (κ2) is 4.35. The van der Waals surface area contributed by atoms with Gasteiger partial charge in [-0.2, -0.15) is 5.10 Å². The fraction of sp³-hybridized carbons (Fsp3) is 0.308. The molecule has 2 aromatic rings. The quantitative estimate of drug-likeness (QED) is 0.818. The van der Waals surface area contributed by atoms with Gasteiger partial charge < -0.3 is 0 Å². The first-order chi connectivity index (χ1) is 8.97. The van der Waals surface area contributed by atoms with Crippen molar-refractivity contribution >= 4 is 19.7 Å². The van der Waals surface area contributed by atoms with Crippen molar-refractivity contribution in [2.45, 2.75) is 30.7 Å². The molecule has 1 fully saturated rings. The van der Waals surface area contributed by atoms with Crippen LogP contribution in [-0.2, 0) is 9.05 Å². The zero-order chi connectivity index (χ0) is 13.6. The van der Waals surface area contributed by atoms with Gasteiger partial charge in [0.2, 0.25) is 0 Å². The summed E-state index contributed by atoms with van der Waals surface area (Å²) in [7, 11) is 1.71.